The second kappa shape index (κ2) is 6.92. The molecule has 26 heavy (non-hydrogen) atoms. The highest BCUT2D eigenvalue weighted by Gasteiger charge is 2.21. The van der Waals surface area contributed by atoms with Crippen LogP contribution in [0.5, 0.6) is 5.75 Å². The van der Waals surface area contributed by atoms with E-state index in [0.29, 0.717) is 37.9 Å². The smallest absolute Gasteiger partial charge is 0.348 e. The quantitative estimate of drug-likeness (QED) is 0.410. The molecule has 0 saturated heterocycles. The lowest BCUT2D eigenvalue weighted by molar-refractivity contribution is -0.384. The topological polar surface area (TPSA) is 116 Å². The molecule has 1 aromatic carbocycles. The lowest BCUT2D eigenvalue weighted by atomic mass is 10.2. The lowest BCUT2D eigenvalue weighted by Gasteiger charge is -2.11. The Bertz CT molecular complexity index is 1020. The van der Waals surface area contributed by atoms with Gasteiger partial charge in [0.1, 0.15) is 27.6 Å². The van der Waals surface area contributed by atoms with E-state index in [1.807, 2.05) is 0 Å². The number of nitro groups is 1. The summed E-state index contributed by atoms with van der Waals surface area (Å²) in [5.41, 5.74) is 0.965. The molecular weight excluding hydrogens is 360 g/mol. The maximum atomic E-state index is 11.9. The van der Waals surface area contributed by atoms with Crippen LogP contribution in [0.15, 0.2) is 24.5 Å². The van der Waals surface area contributed by atoms with E-state index < -0.39 is 10.9 Å². The standard InChI is InChI=1S/C16H14N4O5S/c1-8-12-14(17-7-18-15(12)26-13(8)16(21)25-3)19-10-6-9(20(22)23)4-5-11(10)24-2/h4-7H,1-3H3,(H,17,18,19). The zero-order valence-corrected chi connectivity index (χ0v) is 14.9. The highest BCUT2D eigenvalue weighted by atomic mass is 32.1. The van der Waals surface area contributed by atoms with Crippen LogP contribution in [0.25, 0.3) is 10.2 Å². The van der Waals surface area contributed by atoms with Crippen molar-refractivity contribution in [2.24, 2.45) is 0 Å². The number of nitro benzene ring substituents is 1. The van der Waals surface area contributed by atoms with E-state index in [4.69, 9.17) is 9.47 Å². The number of esters is 1. The molecule has 0 aliphatic carbocycles. The molecule has 0 fully saturated rings. The summed E-state index contributed by atoms with van der Waals surface area (Å²) in [6.07, 6.45) is 1.35. The molecule has 0 aliphatic heterocycles. The summed E-state index contributed by atoms with van der Waals surface area (Å²) in [6, 6.07) is 4.21. The maximum Gasteiger partial charge on any atom is 0.348 e. The highest BCUT2D eigenvalue weighted by molar-refractivity contribution is 7.20. The first-order valence-corrected chi connectivity index (χ1v) is 8.19. The summed E-state index contributed by atoms with van der Waals surface area (Å²) in [7, 11) is 2.78. The van der Waals surface area contributed by atoms with Crippen LogP contribution >= 0.6 is 11.3 Å². The summed E-state index contributed by atoms with van der Waals surface area (Å²) in [5, 5.41) is 14.7. The van der Waals surface area contributed by atoms with Crippen LogP contribution in [-0.2, 0) is 4.74 Å². The number of carbonyl (C=O) groups is 1. The molecule has 2 heterocycles. The Labute approximate surface area is 151 Å². The lowest BCUT2D eigenvalue weighted by Crippen LogP contribution is -2.01. The van der Waals surface area contributed by atoms with Crippen molar-refractivity contribution in [1.82, 2.24) is 9.97 Å². The second-order valence-electron chi connectivity index (χ2n) is 5.22. The number of non-ortho nitro benzene ring substituents is 1. The van der Waals surface area contributed by atoms with Crippen LogP contribution in [0, 0.1) is 17.0 Å². The summed E-state index contributed by atoms with van der Waals surface area (Å²) in [4.78, 5) is 31.9. The monoisotopic (exact) mass is 374 g/mol. The van der Waals surface area contributed by atoms with Crippen LogP contribution in [0.1, 0.15) is 15.2 Å². The summed E-state index contributed by atoms with van der Waals surface area (Å²) >= 11 is 1.19. The SMILES string of the molecule is COC(=O)c1sc2ncnc(Nc3cc([N+](=O)[O-])ccc3OC)c2c1C. The number of rotatable bonds is 5. The van der Waals surface area contributed by atoms with E-state index in [2.05, 4.69) is 15.3 Å². The number of hydrogen-bond donors (Lipinski definition) is 1. The fourth-order valence-electron chi connectivity index (χ4n) is 2.49. The number of aromatic nitrogens is 2. The van der Waals surface area contributed by atoms with E-state index in [9.17, 15) is 14.9 Å². The molecule has 1 N–H and O–H groups in total. The van der Waals surface area contributed by atoms with Gasteiger partial charge >= 0.3 is 5.97 Å². The molecule has 0 amide bonds. The number of hydrogen-bond acceptors (Lipinski definition) is 9. The van der Waals surface area contributed by atoms with Crippen LogP contribution in [0.2, 0.25) is 0 Å². The van der Waals surface area contributed by atoms with Gasteiger partial charge in [-0.3, -0.25) is 10.1 Å². The minimum absolute atomic E-state index is 0.0871. The fraction of sp³-hybridized carbons (Fsp3) is 0.188. The summed E-state index contributed by atoms with van der Waals surface area (Å²) < 4.78 is 10.0. The Hall–Kier alpha value is -3.27. The number of nitrogens with zero attached hydrogens (tertiary/aromatic N) is 3. The molecule has 134 valence electrons. The van der Waals surface area contributed by atoms with Crippen molar-refractivity contribution in [3.05, 3.63) is 45.1 Å². The highest BCUT2D eigenvalue weighted by Crippen LogP contribution is 2.37. The molecule has 0 spiro atoms. The Kier molecular flexibility index (Phi) is 4.67. The predicted molar refractivity (Wildman–Crippen MR) is 96.4 cm³/mol. The van der Waals surface area contributed by atoms with E-state index in [-0.39, 0.29) is 5.69 Å². The van der Waals surface area contributed by atoms with Crippen LogP contribution in [0.3, 0.4) is 0 Å². The van der Waals surface area contributed by atoms with E-state index >= 15 is 0 Å². The first-order valence-electron chi connectivity index (χ1n) is 7.38. The normalized spacial score (nSPS) is 10.6. The number of ether oxygens (including phenoxy) is 2. The van der Waals surface area contributed by atoms with Gasteiger partial charge in [-0.2, -0.15) is 0 Å². The molecule has 0 radical (unpaired) electrons. The molecule has 0 aliphatic rings. The number of benzene rings is 1. The molecular formula is C16H14N4O5S. The summed E-state index contributed by atoms with van der Waals surface area (Å²) in [6.45, 7) is 1.77. The van der Waals surface area contributed by atoms with Crippen molar-refractivity contribution >= 4 is 44.7 Å². The average Bonchev–Trinajstić information content (AvgIpc) is 2.98. The number of fused-ring (bicyclic) bond motifs is 1. The Morgan fingerprint density at radius 1 is 1.31 bits per heavy atom. The molecule has 9 nitrogen and oxygen atoms in total. The van der Waals surface area contributed by atoms with Gasteiger partial charge in [-0.25, -0.2) is 14.8 Å². The molecule has 0 unspecified atom stereocenters. The van der Waals surface area contributed by atoms with Crippen molar-refractivity contribution in [3.63, 3.8) is 0 Å². The minimum atomic E-state index is -0.495. The van der Waals surface area contributed by atoms with Gasteiger partial charge in [-0.1, -0.05) is 0 Å². The van der Waals surface area contributed by atoms with Crippen molar-refractivity contribution in [2.75, 3.05) is 19.5 Å². The Balaban J connectivity index is 2.12. The zero-order valence-electron chi connectivity index (χ0n) is 14.1. The molecule has 0 atom stereocenters. The molecule has 3 aromatic rings. The van der Waals surface area contributed by atoms with E-state index in [1.54, 1.807) is 6.92 Å². The van der Waals surface area contributed by atoms with Gasteiger partial charge in [-0.15, -0.1) is 11.3 Å². The van der Waals surface area contributed by atoms with Gasteiger partial charge in [0.2, 0.25) is 0 Å². The Morgan fingerprint density at radius 2 is 2.08 bits per heavy atom. The number of anilines is 2. The second-order valence-corrected chi connectivity index (χ2v) is 6.22. The molecule has 3 rings (SSSR count). The van der Waals surface area contributed by atoms with Crippen LogP contribution < -0.4 is 10.1 Å². The van der Waals surface area contributed by atoms with Gasteiger partial charge in [0.05, 0.1) is 30.2 Å². The number of methoxy groups -OCH3 is 2. The third kappa shape index (κ3) is 3.02. The molecule has 2 aromatic heterocycles. The van der Waals surface area contributed by atoms with Gasteiger partial charge in [0.15, 0.2) is 0 Å². The first-order chi connectivity index (χ1) is 12.5. The molecule has 10 heteroatoms. The predicted octanol–water partition coefficient (Wildman–Crippen LogP) is 3.45. The fourth-order valence-corrected chi connectivity index (χ4v) is 3.56. The van der Waals surface area contributed by atoms with Gasteiger partial charge in [-0.05, 0) is 18.6 Å². The van der Waals surface area contributed by atoms with Crippen molar-refractivity contribution in [3.8, 4) is 5.75 Å². The summed E-state index contributed by atoms with van der Waals surface area (Å²) in [5.74, 6) is 0.380. The van der Waals surface area contributed by atoms with Gasteiger partial charge in [0, 0.05) is 12.1 Å². The van der Waals surface area contributed by atoms with Crippen molar-refractivity contribution < 1.29 is 19.2 Å². The molecule has 0 saturated carbocycles. The van der Waals surface area contributed by atoms with Crippen molar-refractivity contribution in [2.45, 2.75) is 6.92 Å². The third-order valence-corrected chi connectivity index (χ3v) is 4.92. The van der Waals surface area contributed by atoms with E-state index in [0.717, 1.165) is 0 Å². The molecule has 0 bridgehead atoms. The van der Waals surface area contributed by atoms with Crippen LogP contribution in [0.4, 0.5) is 17.2 Å². The first kappa shape index (κ1) is 17.5. The van der Waals surface area contributed by atoms with Crippen molar-refractivity contribution in [1.29, 1.82) is 0 Å². The van der Waals surface area contributed by atoms with Gasteiger partial charge < -0.3 is 14.8 Å². The number of carbonyl (C=O) groups excluding carboxylic acids is 1. The van der Waals surface area contributed by atoms with Crippen LogP contribution in [-0.4, -0.2) is 35.1 Å². The third-order valence-electron chi connectivity index (χ3n) is 3.74. The Morgan fingerprint density at radius 3 is 2.73 bits per heavy atom. The number of nitrogens with one attached hydrogen (secondary N) is 1. The largest absolute Gasteiger partial charge is 0.495 e. The van der Waals surface area contributed by atoms with Gasteiger partial charge in [0.25, 0.3) is 5.69 Å². The van der Waals surface area contributed by atoms with E-state index in [1.165, 1.54) is 50.1 Å². The average molecular weight is 374 g/mol. The number of thiophene rings is 1. The maximum absolute atomic E-state index is 11.9. The zero-order chi connectivity index (χ0) is 18.8. The minimum Gasteiger partial charge on any atom is -0.495 e. The number of aryl methyl sites for hydroxylation is 1.